The molecule has 0 bridgehead atoms. The Hall–Kier alpha value is -1.15. The van der Waals surface area contributed by atoms with Crippen LogP contribution in [0.2, 0.25) is 5.02 Å². The van der Waals surface area contributed by atoms with Crippen LogP contribution >= 0.6 is 22.9 Å². The normalized spacial score (nSPS) is 11.8. The standard InChI is InChI=1S/C14H17ClN2O3S2/c1-17(13(18)7-8-16-22(2,19)20)9-12-14(15)10-5-3-4-6-11(10)21-12/h3-6,16H,7-9H2,1-2H3. The van der Waals surface area contributed by atoms with Crippen LogP contribution in [0.5, 0.6) is 0 Å². The third-order valence-electron chi connectivity index (χ3n) is 3.11. The van der Waals surface area contributed by atoms with E-state index in [0.29, 0.717) is 11.6 Å². The topological polar surface area (TPSA) is 66.5 Å². The van der Waals surface area contributed by atoms with Crippen LogP contribution in [-0.4, -0.2) is 39.1 Å². The number of nitrogens with one attached hydrogen (secondary N) is 1. The van der Waals surface area contributed by atoms with E-state index in [2.05, 4.69) is 4.72 Å². The van der Waals surface area contributed by atoms with E-state index in [1.165, 1.54) is 0 Å². The van der Waals surface area contributed by atoms with Gasteiger partial charge in [-0.2, -0.15) is 0 Å². The molecule has 120 valence electrons. The van der Waals surface area contributed by atoms with E-state index >= 15 is 0 Å². The lowest BCUT2D eigenvalue weighted by Gasteiger charge is -2.16. The van der Waals surface area contributed by atoms with Gasteiger partial charge in [0.1, 0.15) is 0 Å². The average Bonchev–Trinajstić information content (AvgIpc) is 2.74. The fourth-order valence-electron chi connectivity index (χ4n) is 2.00. The Labute approximate surface area is 138 Å². The Morgan fingerprint density at radius 2 is 2.05 bits per heavy atom. The number of carbonyl (C=O) groups is 1. The lowest BCUT2D eigenvalue weighted by Crippen LogP contribution is -2.31. The molecule has 0 fully saturated rings. The van der Waals surface area contributed by atoms with Gasteiger partial charge in [0.2, 0.25) is 15.9 Å². The molecule has 0 unspecified atom stereocenters. The maximum absolute atomic E-state index is 12.0. The molecule has 0 atom stereocenters. The van der Waals surface area contributed by atoms with Crippen molar-refractivity contribution in [3.05, 3.63) is 34.2 Å². The molecule has 0 saturated carbocycles. The van der Waals surface area contributed by atoms with Crippen LogP contribution in [0.4, 0.5) is 0 Å². The number of sulfonamides is 1. The third-order valence-corrected chi connectivity index (χ3v) is 5.54. The number of hydrogen-bond acceptors (Lipinski definition) is 4. The zero-order valence-corrected chi connectivity index (χ0v) is 14.7. The highest BCUT2D eigenvalue weighted by Gasteiger charge is 2.15. The van der Waals surface area contributed by atoms with E-state index < -0.39 is 10.0 Å². The lowest BCUT2D eigenvalue weighted by atomic mass is 10.2. The van der Waals surface area contributed by atoms with Gasteiger partial charge in [-0.1, -0.05) is 29.8 Å². The van der Waals surface area contributed by atoms with Crippen LogP contribution in [0.3, 0.4) is 0 Å². The van der Waals surface area contributed by atoms with Crippen molar-refractivity contribution in [1.29, 1.82) is 0 Å². The van der Waals surface area contributed by atoms with Crippen molar-refractivity contribution in [3.63, 3.8) is 0 Å². The number of nitrogens with zero attached hydrogens (tertiary/aromatic N) is 1. The van der Waals surface area contributed by atoms with E-state index in [1.807, 2.05) is 24.3 Å². The first-order valence-electron chi connectivity index (χ1n) is 6.62. The Balaban J connectivity index is 1.99. The Morgan fingerprint density at radius 1 is 1.36 bits per heavy atom. The molecule has 1 aromatic heterocycles. The summed E-state index contributed by atoms with van der Waals surface area (Å²) in [5, 5.41) is 1.67. The average molecular weight is 361 g/mol. The molecule has 2 rings (SSSR count). The second kappa shape index (κ2) is 6.95. The molecule has 2 aromatic rings. The number of halogens is 1. The lowest BCUT2D eigenvalue weighted by molar-refractivity contribution is -0.130. The fourth-order valence-corrected chi connectivity index (χ4v) is 4.02. The van der Waals surface area contributed by atoms with E-state index in [0.717, 1.165) is 21.2 Å². The summed E-state index contributed by atoms with van der Waals surface area (Å²) >= 11 is 7.91. The minimum Gasteiger partial charge on any atom is -0.341 e. The molecule has 0 radical (unpaired) electrons. The second-order valence-corrected chi connectivity index (χ2v) is 8.35. The highest BCUT2D eigenvalue weighted by molar-refractivity contribution is 7.88. The quantitative estimate of drug-likeness (QED) is 0.860. The predicted molar refractivity (Wildman–Crippen MR) is 90.8 cm³/mol. The number of hydrogen-bond donors (Lipinski definition) is 1. The summed E-state index contributed by atoms with van der Waals surface area (Å²) in [5.74, 6) is -0.135. The van der Waals surface area contributed by atoms with Gasteiger partial charge in [0.15, 0.2) is 0 Å². The molecule has 5 nitrogen and oxygen atoms in total. The molecule has 1 aromatic carbocycles. The summed E-state index contributed by atoms with van der Waals surface area (Å²) in [6, 6.07) is 7.82. The smallest absolute Gasteiger partial charge is 0.223 e. The van der Waals surface area contributed by atoms with Crippen LogP contribution in [0.1, 0.15) is 11.3 Å². The second-order valence-electron chi connectivity index (χ2n) is 5.00. The summed E-state index contributed by atoms with van der Waals surface area (Å²) in [6.45, 7) is 0.512. The summed E-state index contributed by atoms with van der Waals surface area (Å²) in [6.07, 6.45) is 1.18. The van der Waals surface area contributed by atoms with Gasteiger partial charge in [-0.15, -0.1) is 11.3 Å². The van der Waals surface area contributed by atoms with Crippen molar-refractivity contribution in [2.24, 2.45) is 0 Å². The van der Waals surface area contributed by atoms with Gasteiger partial charge in [0.05, 0.1) is 17.8 Å². The number of fused-ring (bicyclic) bond motifs is 1. The van der Waals surface area contributed by atoms with Crippen LogP contribution in [-0.2, 0) is 21.4 Å². The number of amides is 1. The Bertz CT molecular complexity index is 786. The molecule has 0 spiro atoms. The van der Waals surface area contributed by atoms with Crippen LogP contribution in [0, 0.1) is 0 Å². The zero-order valence-electron chi connectivity index (χ0n) is 12.3. The van der Waals surface area contributed by atoms with Gasteiger partial charge < -0.3 is 4.90 Å². The number of carbonyl (C=O) groups excluding carboxylic acids is 1. The first-order valence-corrected chi connectivity index (χ1v) is 9.71. The maximum atomic E-state index is 12.0. The van der Waals surface area contributed by atoms with Crippen molar-refractivity contribution in [3.8, 4) is 0 Å². The summed E-state index contributed by atoms with van der Waals surface area (Å²) in [5.41, 5.74) is 0. The molecule has 0 aliphatic carbocycles. The number of benzene rings is 1. The molecule has 1 N–H and O–H groups in total. The summed E-state index contributed by atoms with van der Waals surface area (Å²) < 4.78 is 25.3. The van der Waals surface area contributed by atoms with Crippen LogP contribution < -0.4 is 4.72 Å². The van der Waals surface area contributed by atoms with Gasteiger partial charge in [-0.25, -0.2) is 13.1 Å². The van der Waals surface area contributed by atoms with Gasteiger partial charge in [-0.05, 0) is 6.07 Å². The number of rotatable bonds is 6. The van der Waals surface area contributed by atoms with Gasteiger partial charge in [0, 0.05) is 35.0 Å². The van der Waals surface area contributed by atoms with Crippen molar-refractivity contribution in [2.45, 2.75) is 13.0 Å². The molecule has 1 heterocycles. The van der Waals surface area contributed by atoms with Gasteiger partial charge >= 0.3 is 0 Å². The Kier molecular flexibility index (Phi) is 5.44. The molecular weight excluding hydrogens is 344 g/mol. The van der Waals surface area contributed by atoms with Gasteiger partial charge in [0.25, 0.3) is 0 Å². The number of thiophene rings is 1. The molecule has 8 heteroatoms. The largest absolute Gasteiger partial charge is 0.341 e. The zero-order chi connectivity index (χ0) is 16.3. The maximum Gasteiger partial charge on any atom is 0.223 e. The van der Waals surface area contributed by atoms with Crippen LogP contribution in [0.25, 0.3) is 10.1 Å². The molecule has 0 saturated heterocycles. The molecular formula is C14H17ClN2O3S2. The van der Waals surface area contributed by atoms with E-state index in [4.69, 9.17) is 11.6 Å². The van der Waals surface area contributed by atoms with Crippen molar-refractivity contribution in [2.75, 3.05) is 19.8 Å². The van der Waals surface area contributed by atoms with E-state index in [9.17, 15) is 13.2 Å². The molecule has 22 heavy (non-hydrogen) atoms. The highest BCUT2D eigenvalue weighted by Crippen LogP contribution is 2.35. The summed E-state index contributed by atoms with van der Waals surface area (Å²) in [4.78, 5) is 14.5. The molecule has 0 aliphatic heterocycles. The van der Waals surface area contributed by atoms with Crippen molar-refractivity contribution >= 4 is 49.0 Å². The highest BCUT2D eigenvalue weighted by atomic mass is 35.5. The van der Waals surface area contributed by atoms with E-state index in [1.54, 1.807) is 23.3 Å². The minimum absolute atomic E-state index is 0.0994. The first-order chi connectivity index (χ1) is 10.3. The van der Waals surface area contributed by atoms with E-state index in [-0.39, 0.29) is 18.9 Å². The Morgan fingerprint density at radius 3 is 2.68 bits per heavy atom. The van der Waals surface area contributed by atoms with Crippen molar-refractivity contribution in [1.82, 2.24) is 9.62 Å². The monoisotopic (exact) mass is 360 g/mol. The van der Waals surface area contributed by atoms with Crippen LogP contribution in [0.15, 0.2) is 24.3 Å². The SMILES string of the molecule is CN(Cc1sc2ccccc2c1Cl)C(=O)CCNS(C)(=O)=O. The summed E-state index contributed by atoms with van der Waals surface area (Å²) in [7, 11) is -1.58. The first kappa shape index (κ1) is 17.2. The van der Waals surface area contributed by atoms with Crippen molar-refractivity contribution < 1.29 is 13.2 Å². The minimum atomic E-state index is -3.27. The molecule has 1 amide bonds. The predicted octanol–water partition coefficient (Wildman–Crippen LogP) is 2.45. The molecule has 0 aliphatic rings. The third kappa shape index (κ3) is 4.42. The fraction of sp³-hybridized carbons (Fsp3) is 0.357. The van der Waals surface area contributed by atoms with Gasteiger partial charge in [-0.3, -0.25) is 4.79 Å².